The Hall–Kier alpha value is -4.16. The number of carbonyl (C=O) groups is 2. The van der Waals surface area contributed by atoms with Crippen LogP contribution in [0.5, 0.6) is 5.75 Å². The van der Waals surface area contributed by atoms with Crippen LogP contribution in [-0.4, -0.2) is 62.0 Å². The summed E-state index contributed by atoms with van der Waals surface area (Å²) in [7, 11) is -2.88. The topological polar surface area (TPSA) is 139 Å². The van der Waals surface area contributed by atoms with Crippen molar-refractivity contribution in [2.75, 3.05) is 24.2 Å². The molecule has 0 bridgehead atoms. The number of hydrogen-bond donors (Lipinski definition) is 1. The smallest absolute Gasteiger partial charge is 0.271 e. The summed E-state index contributed by atoms with van der Waals surface area (Å²) in [6.07, 6.45) is 1.70. The van der Waals surface area contributed by atoms with Gasteiger partial charge in [-0.2, -0.15) is 0 Å². The number of carbonyl (C=O) groups excluding carboxylic acids is 2. The number of ether oxygens (including phenoxy) is 1. The number of halogens is 1. The predicted molar refractivity (Wildman–Crippen MR) is 166 cm³/mol. The van der Waals surface area contributed by atoms with Crippen molar-refractivity contribution in [1.82, 2.24) is 10.2 Å². The first-order chi connectivity index (χ1) is 20.3. The number of hydrogen-bond acceptors (Lipinski definition) is 7. The molecule has 0 aliphatic rings. The van der Waals surface area contributed by atoms with E-state index in [0.717, 1.165) is 22.2 Å². The van der Waals surface area contributed by atoms with Gasteiger partial charge in [0.1, 0.15) is 24.0 Å². The molecule has 0 unspecified atom stereocenters. The molecule has 3 rings (SSSR count). The van der Waals surface area contributed by atoms with Crippen LogP contribution in [0.3, 0.4) is 0 Å². The van der Waals surface area contributed by atoms with Gasteiger partial charge in [-0.05, 0) is 42.7 Å². The summed E-state index contributed by atoms with van der Waals surface area (Å²) in [5, 5.41) is 14.9. The number of benzene rings is 3. The molecule has 0 saturated heterocycles. The van der Waals surface area contributed by atoms with Crippen molar-refractivity contribution in [3.8, 4) is 5.75 Å². The second-order valence-corrected chi connectivity index (χ2v) is 12.4. The molecule has 0 fully saturated rings. The first kappa shape index (κ1) is 33.3. The van der Waals surface area contributed by atoms with Gasteiger partial charge >= 0.3 is 0 Å². The van der Waals surface area contributed by atoms with Gasteiger partial charge in [0.05, 0.1) is 18.3 Å². The second kappa shape index (κ2) is 14.8. The maximum Gasteiger partial charge on any atom is 0.271 e. The molecule has 3 aromatic rings. The number of rotatable bonds is 14. The normalized spacial score (nSPS) is 12.6. The minimum Gasteiger partial charge on any atom is -0.495 e. The lowest BCUT2D eigenvalue weighted by molar-refractivity contribution is -0.384. The van der Waals surface area contributed by atoms with E-state index in [0.29, 0.717) is 17.0 Å². The zero-order valence-electron chi connectivity index (χ0n) is 24.4. The van der Waals surface area contributed by atoms with Crippen molar-refractivity contribution in [1.29, 1.82) is 0 Å². The Labute approximate surface area is 256 Å². The molecule has 2 atom stereocenters. The number of sulfonamides is 1. The Morgan fingerprint density at radius 1 is 1.05 bits per heavy atom. The number of non-ortho nitro benzene ring substituents is 1. The Bertz CT molecular complexity index is 1540. The van der Waals surface area contributed by atoms with Crippen LogP contribution in [0.4, 0.5) is 11.4 Å². The largest absolute Gasteiger partial charge is 0.495 e. The Balaban J connectivity index is 2.13. The van der Waals surface area contributed by atoms with Gasteiger partial charge in [-0.1, -0.05) is 61.0 Å². The van der Waals surface area contributed by atoms with E-state index in [1.54, 1.807) is 24.3 Å². The molecule has 0 radical (unpaired) electrons. The number of amides is 2. The number of nitrogens with one attached hydrogen (secondary N) is 1. The Kier molecular flexibility index (Phi) is 11.5. The van der Waals surface area contributed by atoms with E-state index in [1.165, 1.54) is 24.1 Å². The van der Waals surface area contributed by atoms with E-state index in [1.807, 2.05) is 44.2 Å². The number of methoxy groups -OCH3 is 1. The summed E-state index contributed by atoms with van der Waals surface area (Å²) >= 11 is 6.08. The first-order valence-corrected chi connectivity index (χ1v) is 15.7. The van der Waals surface area contributed by atoms with Crippen LogP contribution in [0, 0.1) is 10.1 Å². The van der Waals surface area contributed by atoms with Crippen LogP contribution in [0.15, 0.2) is 72.8 Å². The van der Waals surface area contributed by atoms with Crippen LogP contribution in [-0.2, 0) is 32.6 Å². The van der Waals surface area contributed by atoms with Crippen molar-refractivity contribution in [3.05, 3.63) is 99.1 Å². The maximum atomic E-state index is 14.2. The van der Waals surface area contributed by atoms with Gasteiger partial charge < -0.3 is 15.0 Å². The van der Waals surface area contributed by atoms with Gasteiger partial charge in [-0.15, -0.1) is 0 Å². The van der Waals surface area contributed by atoms with Crippen molar-refractivity contribution < 1.29 is 27.7 Å². The molecule has 0 aliphatic carbocycles. The number of anilines is 1. The van der Waals surface area contributed by atoms with E-state index in [4.69, 9.17) is 16.3 Å². The molecule has 43 heavy (non-hydrogen) atoms. The highest BCUT2D eigenvalue weighted by molar-refractivity contribution is 7.92. The molecule has 230 valence electrons. The molecule has 0 heterocycles. The van der Waals surface area contributed by atoms with Crippen molar-refractivity contribution in [3.63, 3.8) is 0 Å². The molecule has 11 nitrogen and oxygen atoms in total. The van der Waals surface area contributed by atoms with Gasteiger partial charge in [-0.25, -0.2) is 8.42 Å². The van der Waals surface area contributed by atoms with E-state index in [2.05, 4.69) is 5.32 Å². The number of nitro groups is 1. The van der Waals surface area contributed by atoms with Crippen LogP contribution >= 0.6 is 11.6 Å². The minimum atomic E-state index is -4.16. The highest BCUT2D eigenvalue weighted by Crippen LogP contribution is 2.34. The zero-order valence-corrected chi connectivity index (χ0v) is 26.0. The lowest BCUT2D eigenvalue weighted by Crippen LogP contribution is -2.54. The van der Waals surface area contributed by atoms with Crippen LogP contribution in [0.1, 0.15) is 31.4 Å². The summed E-state index contributed by atoms with van der Waals surface area (Å²) in [5.41, 5.74) is 0.888. The third-order valence-corrected chi connectivity index (χ3v) is 8.24. The molecule has 0 aromatic heterocycles. The second-order valence-electron chi connectivity index (χ2n) is 10.1. The van der Waals surface area contributed by atoms with Crippen molar-refractivity contribution >= 4 is 44.8 Å². The Morgan fingerprint density at radius 3 is 2.26 bits per heavy atom. The highest BCUT2D eigenvalue weighted by atomic mass is 35.5. The third kappa shape index (κ3) is 9.16. The fraction of sp³-hybridized carbons (Fsp3) is 0.333. The van der Waals surface area contributed by atoms with Crippen LogP contribution in [0.25, 0.3) is 0 Å². The van der Waals surface area contributed by atoms with E-state index < -0.39 is 39.3 Å². The van der Waals surface area contributed by atoms with Gasteiger partial charge in [-0.3, -0.25) is 24.0 Å². The van der Waals surface area contributed by atoms with Crippen molar-refractivity contribution in [2.45, 2.75) is 45.3 Å². The Morgan fingerprint density at radius 2 is 1.70 bits per heavy atom. The molecule has 0 spiro atoms. The fourth-order valence-corrected chi connectivity index (χ4v) is 5.33. The van der Waals surface area contributed by atoms with Gasteiger partial charge in [0, 0.05) is 36.2 Å². The molecule has 0 aliphatic heterocycles. The van der Waals surface area contributed by atoms with Crippen LogP contribution < -0.4 is 14.4 Å². The molecular weight excluding hydrogens is 596 g/mol. The highest BCUT2D eigenvalue weighted by Gasteiger charge is 2.34. The maximum absolute atomic E-state index is 14.2. The molecule has 13 heteroatoms. The fourth-order valence-electron chi connectivity index (χ4n) is 4.36. The number of nitrogens with zero attached hydrogens (tertiary/aromatic N) is 3. The van der Waals surface area contributed by atoms with Gasteiger partial charge in [0.2, 0.25) is 21.8 Å². The lowest BCUT2D eigenvalue weighted by Gasteiger charge is -2.34. The van der Waals surface area contributed by atoms with E-state index in [-0.39, 0.29) is 36.1 Å². The van der Waals surface area contributed by atoms with Crippen LogP contribution in [0.2, 0.25) is 5.02 Å². The SMILES string of the molecule is CC[C@@H](C)NC(=O)[C@H](Cc1ccccc1)N(Cc1ccc(Cl)cc1)C(=O)CN(c1cc([N+](=O)[O-])ccc1OC)S(C)(=O)=O. The number of nitro benzene ring substituents is 1. The molecular formula is C30H35ClN4O7S. The standard InChI is InChI=1S/C30H35ClN4O7S/c1-5-21(2)32-30(37)27(17-22-9-7-6-8-10-22)33(19-23-11-13-24(31)14-12-23)29(36)20-34(43(4,40)41)26-18-25(35(38)39)15-16-28(26)42-3/h6-16,18,21,27H,5,17,19-20H2,1-4H3,(H,32,37)/t21-,27+/m1/s1. The molecule has 0 saturated carbocycles. The van der Waals surface area contributed by atoms with Crippen molar-refractivity contribution in [2.24, 2.45) is 0 Å². The molecule has 1 N–H and O–H groups in total. The monoisotopic (exact) mass is 630 g/mol. The average Bonchev–Trinajstić information content (AvgIpc) is 2.97. The predicted octanol–water partition coefficient (Wildman–Crippen LogP) is 4.58. The van der Waals surface area contributed by atoms with Gasteiger partial charge in [0.25, 0.3) is 5.69 Å². The van der Waals surface area contributed by atoms with Gasteiger partial charge in [0.15, 0.2) is 0 Å². The van der Waals surface area contributed by atoms with E-state index >= 15 is 0 Å². The summed E-state index contributed by atoms with van der Waals surface area (Å²) in [6, 6.07) is 18.2. The average molecular weight is 631 g/mol. The molecule has 3 aromatic carbocycles. The summed E-state index contributed by atoms with van der Waals surface area (Å²) < 4.78 is 32.1. The minimum absolute atomic E-state index is 0.0171. The summed E-state index contributed by atoms with van der Waals surface area (Å²) in [5.74, 6) is -1.09. The summed E-state index contributed by atoms with van der Waals surface area (Å²) in [4.78, 5) is 40.1. The molecule has 2 amide bonds. The third-order valence-electron chi connectivity index (χ3n) is 6.86. The quantitative estimate of drug-likeness (QED) is 0.203. The van der Waals surface area contributed by atoms with E-state index in [9.17, 15) is 28.1 Å². The first-order valence-electron chi connectivity index (χ1n) is 13.5. The lowest BCUT2D eigenvalue weighted by atomic mass is 10.0. The zero-order chi connectivity index (χ0) is 31.7. The summed E-state index contributed by atoms with van der Waals surface area (Å²) in [6.45, 7) is 2.99.